The second-order valence-electron chi connectivity index (χ2n) is 7.64. The van der Waals surface area contributed by atoms with Gasteiger partial charge in [0, 0.05) is 18.2 Å². The third-order valence-electron chi connectivity index (χ3n) is 5.73. The maximum Gasteiger partial charge on any atom is 0.334 e. The van der Waals surface area contributed by atoms with Crippen molar-refractivity contribution in [2.24, 2.45) is 0 Å². The second kappa shape index (κ2) is 6.94. The summed E-state index contributed by atoms with van der Waals surface area (Å²) in [6, 6.07) is 3.61. The fourth-order valence-electron chi connectivity index (χ4n) is 4.27. The lowest BCUT2D eigenvalue weighted by atomic mass is 10.0. The fourth-order valence-corrected chi connectivity index (χ4v) is 5.23. The highest BCUT2D eigenvalue weighted by Crippen LogP contribution is 2.31. The molecule has 0 atom stereocenters. The van der Waals surface area contributed by atoms with Crippen molar-refractivity contribution in [3.05, 3.63) is 29.3 Å². The minimum Gasteiger partial charge on any atom is -0.292 e. The molecule has 4 amide bonds. The number of fused-ring (bicyclic) bond motifs is 1. The van der Waals surface area contributed by atoms with Crippen molar-refractivity contribution in [2.45, 2.75) is 38.1 Å². The predicted molar refractivity (Wildman–Crippen MR) is 103 cm³/mol. The number of hydrogen-bond donors (Lipinski definition) is 0. The van der Waals surface area contributed by atoms with Gasteiger partial charge in [-0.15, -0.1) is 0 Å². The Hall–Kier alpha value is -2.75. The van der Waals surface area contributed by atoms with E-state index in [-0.39, 0.29) is 11.6 Å². The number of urea groups is 1. The van der Waals surface area contributed by atoms with Crippen LogP contribution in [-0.4, -0.2) is 67.2 Å². The Balaban J connectivity index is 1.52. The highest BCUT2D eigenvalue weighted by atomic mass is 32.2. The zero-order valence-corrected chi connectivity index (χ0v) is 16.8. The Labute approximate surface area is 168 Å². The van der Waals surface area contributed by atoms with E-state index in [0.717, 1.165) is 24.0 Å². The van der Waals surface area contributed by atoms with Gasteiger partial charge in [-0.1, -0.05) is 12.8 Å². The van der Waals surface area contributed by atoms with Crippen LogP contribution in [0.3, 0.4) is 0 Å². The lowest BCUT2D eigenvalue weighted by Gasteiger charge is -2.21. The molecule has 1 saturated carbocycles. The summed E-state index contributed by atoms with van der Waals surface area (Å²) in [5, 5.41) is 0. The summed E-state index contributed by atoms with van der Waals surface area (Å²) in [5.41, 5.74) is 1.51. The van der Waals surface area contributed by atoms with Gasteiger partial charge in [0.05, 0.1) is 18.5 Å². The fraction of sp³-hybridized carbons (Fsp3) is 0.474. The third-order valence-corrected chi connectivity index (χ3v) is 6.91. The lowest BCUT2D eigenvalue weighted by Crippen LogP contribution is -2.41. The molecule has 2 fully saturated rings. The van der Waals surface area contributed by atoms with Crippen LogP contribution in [0.5, 0.6) is 0 Å². The molecule has 4 rings (SSSR count). The first-order valence-electron chi connectivity index (χ1n) is 9.51. The minimum absolute atomic E-state index is 0.270. The summed E-state index contributed by atoms with van der Waals surface area (Å²) < 4.78 is 24.9. The number of anilines is 1. The van der Waals surface area contributed by atoms with Crippen LogP contribution < -0.4 is 4.31 Å². The summed E-state index contributed by atoms with van der Waals surface area (Å²) >= 11 is 0. The van der Waals surface area contributed by atoms with Gasteiger partial charge in [0.2, 0.25) is 10.0 Å². The van der Waals surface area contributed by atoms with Crippen molar-refractivity contribution in [2.75, 3.05) is 23.7 Å². The van der Waals surface area contributed by atoms with Gasteiger partial charge in [-0.3, -0.25) is 23.6 Å². The number of rotatable bonds is 5. The van der Waals surface area contributed by atoms with Crippen LogP contribution in [0, 0.1) is 0 Å². The molecular weight excluding hydrogens is 398 g/mol. The highest BCUT2D eigenvalue weighted by Gasteiger charge is 2.48. The van der Waals surface area contributed by atoms with E-state index >= 15 is 0 Å². The molecule has 0 unspecified atom stereocenters. The van der Waals surface area contributed by atoms with Crippen LogP contribution in [0.2, 0.25) is 0 Å². The Bertz CT molecular complexity index is 1030. The molecule has 0 spiro atoms. The van der Waals surface area contributed by atoms with Crippen LogP contribution in [0.4, 0.5) is 10.5 Å². The Kier molecular flexibility index (Phi) is 4.68. The van der Waals surface area contributed by atoms with Crippen molar-refractivity contribution >= 4 is 39.3 Å². The van der Waals surface area contributed by atoms with Gasteiger partial charge in [0.15, 0.2) is 5.78 Å². The first-order chi connectivity index (χ1) is 13.7. The molecule has 1 aromatic rings. The Morgan fingerprint density at radius 2 is 1.79 bits per heavy atom. The van der Waals surface area contributed by atoms with Crippen LogP contribution in [-0.2, 0) is 26.0 Å². The molecule has 1 aromatic carbocycles. The van der Waals surface area contributed by atoms with Gasteiger partial charge in [-0.25, -0.2) is 18.1 Å². The van der Waals surface area contributed by atoms with E-state index in [0.29, 0.717) is 42.0 Å². The number of nitrogens with zero attached hydrogens (tertiary/aromatic N) is 3. The van der Waals surface area contributed by atoms with E-state index in [1.807, 2.05) is 0 Å². The van der Waals surface area contributed by atoms with E-state index in [2.05, 4.69) is 0 Å². The largest absolute Gasteiger partial charge is 0.334 e. The SMILES string of the molecule is CS(=O)(=O)N1CCc2cc(C(=O)CN3C(=O)C(=O)N(C4CCCC4)C3=O)ccc21. The van der Waals surface area contributed by atoms with Crippen LogP contribution in [0.1, 0.15) is 41.6 Å². The van der Waals surface area contributed by atoms with Gasteiger partial charge in [-0.05, 0) is 43.0 Å². The molecule has 29 heavy (non-hydrogen) atoms. The number of amides is 4. The molecule has 2 aliphatic heterocycles. The number of carbonyl (C=O) groups excluding carboxylic acids is 4. The maximum atomic E-state index is 12.7. The van der Waals surface area contributed by atoms with E-state index in [4.69, 9.17) is 0 Å². The maximum absolute atomic E-state index is 12.7. The topological polar surface area (TPSA) is 112 Å². The summed E-state index contributed by atoms with van der Waals surface area (Å²) in [7, 11) is -3.39. The highest BCUT2D eigenvalue weighted by molar-refractivity contribution is 7.92. The molecule has 0 bridgehead atoms. The smallest absolute Gasteiger partial charge is 0.292 e. The summed E-state index contributed by atoms with van der Waals surface area (Å²) in [6.45, 7) is -0.207. The van der Waals surface area contributed by atoms with Gasteiger partial charge >= 0.3 is 17.8 Å². The van der Waals surface area contributed by atoms with Gasteiger partial charge < -0.3 is 0 Å². The van der Waals surface area contributed by atoms with Gasteiger partial charge in [0.1, 0.15) is 0 Å². The molecule has 1 saturated heterocycles. The third kappa shape index (κ3) is 3.31. The number of Topliss-reactive ketones (excluding diaryl/α,β-unsaturated/α-hetero) is 1. The first kappa shape index (κ1) is 19.6. The van der Waals surface area contributed by atoms with E-state index < -0.39 is 40.2 Å². The van der Waals surface area contributed by atoms with Crippen molar-refractivity contribution < 1.29 is 27.6 Å². The molecule has 0 N–H and O–H groups in total. The van der Waals surface area contributed by atoms with Crippen LogP contribution in [0.15, 0.2) is 18.2 Å². The molecule has 10 heteroatoms. The number of ketones is 1. The molecular formula is C19H21N3O6S. The predicted octanol–water partition coefficient (Wildman–Crippen LogP) is 0.925. The monoisotopic (exact) mass is 419 g/mol. The molecule has 2 heterocycles. The number of imide groups is 2. The minimum atomic E-state index is -3.39. The zero-order valence-electron chi connectivity index (χ0n) is 16.0. The molecule has 9 nitrogen and oxygen atoms in total. The first-order valence-corrected chi connectivity index (χ1v) is 11.4. The number of benzene rings is 1. The lowest BCUT2D eigenvalue weighted by molar-refractivity contribution is -0.143. The standard InChI is InChI=1S/C19H21N3O6S/c1-29(27,28)21-9-8-12-10-13(6-7-15(12)21)16(23)11-20-17(24)18(25)22(19(20)26)14-4-2-3-5-14/h6-7,10,14H,2-5,8-9,11H2,1H3. The van der Waals surface area contributed by atoms with Crippen LogP contribution in [0.25, 0.3) is 0 Å². The van der Waals surface area contributed by atoms with Gasteiger partial charge in [0.25, 0.3) is 0 Å². The molecule has 0 aromatic heterocycles. The zero-order chi connectivity index (χ0) is 20.9. The van der Waals surface area contributed by atoms with Gasteiger partial charge in [-0.2, -0.15) is 0 Å². The van der Waals surface area contributed by atoms with Crippen molar-refractivity contribution in [1.29, 1.82) is 0 Å². The van der Waals surface area contributed by atoms with Crippen molar-refractivity contribution in [3.63, 3.8) is 0 Å². The molecule has 154 valence electrons. The van der Waals surface area contributed by atoms with E-state index in [1.54, 1.807) is 12.1 Å². The van der Waals surface area contributed by atoms with Crippen molar-refractivity contribution in [3.8, 4) is 0 Å². The summed E-state index contributed by atoms with van der Waals surface area (Å²) in [4.78, 5) is 51.5. The summed E-state index contributed by atoms with van der Waals surface area (Å²) in [5.74, 6) is -2.32. The summed E-state index contributed by atoms with van der Waals surface area (Å²) in [6.07, 6.45) is 4.74. The molecule has 0 radical (unpaired) electrons. The number of hydrogen-bond acceptors (Lipinski definition) is 6. The van der Waals surface area contributed by atoms with E-state index in [1.165, 1.54) is 10.4 Å². The number of sulfonamides is 1. The quantitative estimate of drug-likeness (QED) is 0.399. The molecule has 3 aliphatic rings. The van der Waals surface area contributed by atoms with Crippen LogP contribution >= 0.6 is 0 Å². The Morgan fingerprint density at radius 1 is 1.10 bits per heavy atom. The molecule has 1 aliphatic carbocycles. The average Bonchev–Trinajstić information content (AvgIpc) is 3.37. The number of carbonyl (C=O) groups is 4. The van der Waals surface area contributed by atoms with E-state index in [9.17, 15) is 27.6 Å². The second-order valence-corrected chi connectivity index (χ2v) is 9.55. The van der Waals surface area contributed by atoms with Crippen molar-refractivity contribution in [1.82, 2.24) is 9.80 Å². The normalized spacial score (nSPS) is 20.2. The Morgan fingerprint density at radius 3 is 2.45 bits per heavy atom. The average molecular weight is 419 g/mol.